The number of benzene rings is 2. The molecule has 0 saturated carbocycles. The molecule has 4 nitrogen and oxygen atoms in total. The topological polar surface area (TPSA) is 38.2 Å². The van der Waals surface area contributed by atoms with Gasteiger partial charge in [-0.05, 0) is 57.2 Å². The van der Waals surface area contributed by atoms with Crippen molar-refractivity contribution in [2.24, 2.45) is 0 Å². The van der Waals surface area contributed by atoms with Crippen LogP contribution in [-0.4, -0.2) is 22.6 Å². The molecule has 0 unspecified atom stereocenters. The highest BCUT2D eigenvalue weighted by Crippen LogP contribution is 2.39. The third-order valence-electron chi connectivity index (χ3n) is 3.95. The molecule has 2 aromatic carbocycles. The van der Waals surface area contributed by atoms with Gasteiger partial charge in [0, 0.05) is 23.8 Å². The van der Waals surface area contributed by atoms with Crippen LogP contribution in [0.25, 0.3) is 0 Å². The minimum absolute atomic E-state index is 0.141. The molecule has 0 saturated heterocycles. The average molecular weight is 433 g/mol. The highest BCUT2D eigenvalue weighted by molar-refractivity contribution is 7.99. The van der Waals surface area contributed by atoms with Gasteiger partial charge in [-0.25, -0.2) is 9.97 Å². The van der Waals surface area contributed by atoms with E-state index in [-0.39, 0.29) is 16.6 Å². The van der Waals surface area contributed by atoms with Crippen molar-refractivity contribution in [2.45, 2.75) is 42.5 Å². The van der Waals surface area contributed by atoms with E-state index in [0.717, 1.165) is 23.6 Å². The van der Waals surface area contributed by atoms with Gasteiger partial charge in [0.1, 0.15) is 21.9 Å². The van der Waals surface area contributed by atoms with E-state index < -0.39 is 11.7 Å². The van der Waals surface area contributed by atoms with Gasteiger partial charge in [-0.15, -0.1) is 0 Å². The van der Waals surface area contributed by atoms with Crippen LogP contribution in [-0.2, 0) is 6.18 Å². The van der Waals surface area contributed by atoms with Crippen molar-refractivity contribution in [3.8, 4) is 5.75 Å². The number of hydrogen-bond acceptors (Lipinski definition) is 5. The molecule has 3 aromatic rings. The van der Waals surface area contributed by atoms with Gasteiger partial charge in [0.2, 0.25) is 5.95 Å². The van der Waals surface area contributed by atoms with Gasteiger partial charge in [0.25, 0.3) is 0 Å². The van der Waals surface area contributed by atoms with Crippen LogP contribution in [0, 0.1) is 0 Å². The molecule has 1 heterocycles. The maximum atomic E-state index is 13.5. The Labute approximate surface area is 178 Å². The van der Waals surface area contributed by atoms with Gasteiger partial charge in [-0.1, -0.05) is 30.0 Å². The largest absolute Gasteiger partial charge is 0.488 e. The first-order chi connectivity index (χ1) is 14.0. The summed E-state index contributed by atoms with van der Waals surface area (Å²) in [5.41, 5.74) is -0.456. The highest BCUT2D eigenvalue weighted by Gasteiger charge is 2.35. The molecule has 0 bridgehead atoms. The Balaban J connectivity index is 1.90. The van der Waals surface area contributed by atoms with Crippen LogP contribution in [0.3, 0.4) is 0 Å². The Morgan fingerprint density at radius 3 is 2.13 bits per heavy atom. The number of rotatable bonds is 5. The monoisotopic (exact) mass is 433 g/mol. The number of nitrogens with zero attached hydrogens (tertiary/aromatic N) is 3. The van der Waals surface area contributed by atoms with Crippen molar-refractivity contribution in [1.82, 2.24) is 9.97 Å². The predicted octanol–water partition coefficient (Wildman–Crippen LogP) is 6.59. The van der Waals surface area contributed by atoms with E-state index in [2.05, 4.69) is 9.97 Å². The highest BCUT2D eigenvalue weighted by atomic mass is 32.2. The van der Waals surface area contributed by atoms with E-state index in [1.54, 1.807) is 54.4 Å². The summed E-state index contributed by atoms with van der Waals surface area (Å²) < 4.78 is 46.2. The Hall–Kier alpha value is -2.74. The molecule has 0 aliphatic carbocycles. The van der Waals surface area contributed by atoms with E-state index >= 15 is 0 Å². The van der Waals surface area contributed by atoms with Gasteiger partial charge < -0.3 is 9.64 Å². The van der Waals surface area contributed by atoms with Crippen LogP contribution in [0.4, 0.5) is 24.8 Å². The third kappa shape index (κ3) is 5.66. The van der Waals surface area contributed by atoms with Crippen molar-refractivity contribution in [3.63, 3.8) is 0 Å². The molecule has 3 rings (SSSR count). The van der Waals surface area contributed by atoms with Crippen LogP contribution in [0.15, 0.2) is 70.7 Å². The van der Waals surface area contributed by atoms with E-state index in [1.165, 1.54) is 0 Å². The molecule has 30 heavy (non-hydrogen) atoms. The fourth-order valence-electron chi connectivity index (χ4n) is 2.60. The Kier molecular flexibility index (Phi) is 6.26. The van der Waals surface area contributed by atoms with Crippen LogP contribution >= 0.6 is 11.8 Å². The summed E-state index contributed by atoms with van der Waals surface area (Å²) in [7, 11) is 1.71. The lowest BCUT2D eigenvalue weighted by atomic mass is 10.2. The second-order valence-corrected chi connectivity index (χ2v) is 8.63. The molecule has 0 radical (unpaired) electrons. The molecule has 0 fully saturated rings. The van der Waals surface area contributed by atoms with Crippen molar-refractivity contribution >= 4 is 23.4 Å². The van der Waals surface area contributed by atoms with Gasteiger partial charge in [0.05, 0.1) is 0 Å². The number of anilines is 2. The first-order valence-electron chi connectivity index (χ1n) is 9.23. The van der Waals surface area contributed by atoms with Crippen molar-refractivity contribution < 1.29 is 17.9 Å². The molecule has 8 heteroatoms. The molecule has 0 atom stereocenters. The number of ether oxygens (including phenoxy) is 1. The van der Waals surface area contributed by atoms with Crippen LogP contribution in [0.1, 0.15) is 26.3 Å². The summed E-state index contributed by atoms with van der Waals surface area (Å²) in [5.74, 6) is 0.874. The molecule has 0 aliphatic heterocycles. The smallest absolute Gasteiger partial charge is 0.420 e. The molecular formula is C22H22F3N3OS. The fourth-order valence-corrected chi connectivity index (χ4v) is 3.52. The Morgan fingerprint density at radius 2 is 1.57 bits per heavy atom. The minimum atomic E-state index is -4.54. The maximum absolute atomic E-state index is 13.5. The summed E-state index contributed by atoms with van der Waals surface area (Å²) in [6, 6.07) is 16.1. The maximum Gasteiger partial charge on any atom is 0.420 e. The number of alkyl halides is 3. The zero-order valence-corrected chi connectivity index (χ0v) is 17.9. The minimum Gasteiger partial charge on any atom is -0.488 e. The number of halogens is 3. The van der Waals surface area contributed by atoms with E-state index in [1.807, 2.05) is 32.9 Å². The Morgan fingerprint density at radius 1 is 0.933 bits per heavy atom. The Bertz CT molecular complexity index is 987. The first kappa shape index (κ1) is 22.0. The number of aromatic nitrogens is 2. The first-order valence-corrected chi connectivity index (χ1v) is 10.0. The van der Waals surface area contributed by atoms with Crippen molar-refractivity contribution in [2.75, 3.05) is 11.9 Å². The average Bonchev–Trinajstić information content (AvgIpc) is 2.67. The molecule has 158 valence electrons. The molecule has 0 amide bonds. The van der Waals surface area contributed by atoms with Gasteiger partial charge in [-0.2, -0.15) is 13.2 Å². The predicted molar refractivity (Wildman–Crippen MR) is 112 cm³/mol. The lowest BCUT2D eigenvalue weighted by molar-refractivity contribution is -0.140. The van der Waals surface area contributed by atoms with Gasteiger partial charge in [-0.3, -0.25) is 0 Å². The number of hydrogen-bond donors (Lipinski definition) is 0. The van der Waals surface area contributed by atoms with Crippen LogP contribution < -0.4 is 9.64 Å². The van der Waals surface area contributed by atoms with Gasteiger partial charge in [0.15, 0.2) is 0 Å². The molecule has 0 spiro atoms. The van der Waals surface area contributed by atoms with E-state index in [4.69, 9.17) is 4.74 Å². The van der Waals surface area contributed by atoms with E-state index in [9.17, 15) is 13.2 Å². The van der Waals surface area contributed by atoms with Crippen LogP contribution in [0.5, 0.6) is 5.75 Å². The van der Waals surface area contributed by atoms with Crippen molar-refractivity contribution in [3.05, 3.63) is 66.4 Å². The summed E-state index contributed by atoms with van der Waals surface area (Å²) in [5, 5.41) is -0.141. The third-order valence-corrected chi connectivity index (χ3v) is 4.96. The molecule has 0 N–H and O–H groups in total. The van der Waals surface area contributed by atoms with Crippen molar-refractivity contribution in [1.29, 1.82) is 0 Å². The summed E-state index contributed by atoms with van der Waals surface area (Å²) >= 11 is 0.959. The second-order valence-electron chi connectivity index (χ2n) is 7.57. The zero-order chi connectivity index (χ0) is 21.9. The lowest BCUT2D eigenvalue weighted by Gasteiger charge is -2.23. The fraction of sp³-hybridized carbons (Fsp3) is 0.273. The molecule has 0 aliphatic rings. The summed E-state index contributed by atoms with van der Waals surface area (Å²) in [6.45, 7) is 5.86. The lowest BCUT2D eigenvalue weighted by Crippen LogP contribution is -2.23. The standard InChI is InChI=1S/C22H22F3N3OS/c1-21(2,3)29-16-12-10-15(11-13-16)28(4)20-26-14-18(22(23,24)25)19(27-20)30-17-8-6-5-7-9-17/h5-14H,1-4H3. The quantitative estimate of drug-likeness (QED) is 0.424. The SMILES string of the molecule is CN(c1ccc(OC(C)(C)C)cc1)c1ncc(C(F)(F)F)c(Sc2ccccc2)n1. The molecule has 1 aromatic heterocycles. The second kappa shape index (κ2) is 8.55. The van der Waals surface area contributed by atoms with Gasteiger partial charge >= 0.3 is 6.18 Å². The summed E-state index contributed by atoms with van der Waals surface area (Å²) in [4.78, 5) is 10.5. The van der Waals surface area contributed by atoms with Crippen LogP contribution in [0.2, 0.25) is 0 Å². The zero-order valence-electron chi connectivity index (χ0n) is 17.1. The van der Waals surface area contributed by atoms with E-state index in [0.29, 0.717) is 10.6 Å². The molecular weight excluding hydrogens is 411 g/mol. The normalized spacial score (nSPS) is 12.0. The summed E-state index contributed by atoms with van der Waals surface area (Å²) in [6.07, 6.45) is -3.71.